The normalized spacial score (nSPS) is 13.1. The van der Waals surface area contributed by atoms with Crippen LogP contribution < -0.4 is 5.32 Å². The highest BCUT2D eigenvalue weighted by Gasteiger charge is 2.30. The number of nitrogens with one attached hydrogen (secondary N) is 1. The Bertz CT molecular complexity index is 584. The van der Waals surface area contributed by atoms with Crippen LogP contribution in [0.1, 0.15) is 24.1 Å². The number of hydrogen-bond acceptors (Lipinski definition) is 3. The number of benzene rings is 1. The summed E-state index contributed by atoms with van der Waals surface area (Å²) in [7, 11) is 0. The maximum atomic E-state index is 12.7. The van der Waals surface area contributed by atoms with Crippen molar-refractivity contribution in [3.8, 4) is 0 Å². The van der Waals surface area contributed by atoms with Gasteiger partial charge in [0.15, 0.2) is 0 Å². The van der Waals surface area contributed by atoms with Crippen LogP contribution >= 0.6 is 15.9 Å². The van der Waals surface area contributed by atoms with Crippen LogP contribution in [0.25, 0.3) is 0 Å². The van der Waals surface area contributed by atoms with E-state index in [9.17, 15) is 13.2 Å². The molecule has 0 saturated carbocycles. The molecule has 1 heterocycles. The van der Waals surface area contributed by atoms with E-state index in [1.165, 1.54) is 6.07 Å². The number of nitrogens with zero attached hydrogens (tertiary/aromatic N) is 2. The van der Waals surface area contributed by atoms with Gasteiger partial charge < -0.3 is 5.32 Å². The molecule has 0 spiro atoms. The van der Waals surface area contributed by atoms with Crippen molar-refractivity contribution in [1.29, 1.82) is 0 Å². The highest BCUT2D eigenvalue weighted by molar-refractivity contribution is 9.10. The Labute approximate surface area is 122 Å². The van der Waals surface area contributed by atoms with E-state index in [1.807, 2.05) is 0 Å². The third kappa shape index (κ3) is 3.69. The van der Waals surface area contributed by atoms with Gasteiger partial charge in [0.2, 0.25) is 5.95 Å². The number of alkyl halides is 3. The summed E-state index contributed by atoms with van der Waals surface area (Å²) in [5.41, 5.74) is -0.147. The van der Waals surface area contributed by atoms with Crippen molar-refractivity contribution in [2.45, 2.75) is 19.1 Å². The quantitative estimate of drug-likeness (QED) is 0.893. The summed E-state index contributed by atoms with van der Waals surface area (Å²) in [4.78, 5) is 8.05. The third-order valence-electron chi connectivity index (χ3n) is 2.68. The second-order valence-corrected chi connectivity index (χ2v) is 5.13. The fraction of sp³-hybridized carbons (Fsp3) is 0.231. The van der Waals surface area contributed by atoms with E-state index in [-0.39, 0.29) is 6.04 Å². The Morgan fingerprint density at radius 1 is 1.20 bits per heavy atom. The van der Waals surface area contributed by atoms with Crippen molar-refractivity contribution < 1.29 is 13.2 Å². The Morgan fingerprint density at radius 3 is 2.45 bits per heavy atom. The van der Waals surface area contributed by atoms with Crippen molar-refractivity contribution in [2.24, 2.45) is 0 Å². The summed E-state index contributed by atoms with van der Waals surface area (Å²) in [5, 5.41) is 2.95. The van der Waals surface area contributed by atoms with Gasteiger partial charge in [0.1, 0.15) is 0 Å². The molecule has 1 aromatic carbocycles. The van der Waals surface area contributed by atoms with Gasteiger partial charge >= 0.3 is 6.18 Å². The molecular weight excluding hydrogens is 335 g/mol. The fourth-order valence-electron chi connectivity index (χ4n) is 1.65. The molecule has 0 fully saturated rings. The molecule has 0 aliphatic heterocycles. The van der Waals surface area contributed by atoms with Crippen molar-refractivity contribution in [1.82, 2.24) is 9.97 Å². The van der Waals surface area contributed by atoms with Crippen LogP contribution in [0, 0.1) is 0 Å². The fourth-order valence-corrected chi connectivity index (χ4v) is 1.85. The van der Waals surface area contributed by atoms with Gasteiger partial charge in [0.05, 0.1) is 16.1 Å². The lowest BCUT2D eigenvalue weighted by molar-refractivity contribution is -0.137. The molecule has 0 aliphatic rings. The summed E-state index contributed by atoms with van der Waals surface area (Å²) in [5.74, 6) is 0.359. The highest BCUT2D eigenvalue weighted by Crippen LogP contribution is 2.31. The summed E-state index contributed by atoms with van der Waals surface area (Å²) in [6.07, 6.45) is -1.22. The van der Waals surface area contributed by atoms with Gasteiger partial charge in [-0.15, -0.1) is 0 Å². The largest absolute Gasteiger partial charge is 0.416 e. The molecule has 0 amide bonds. The van der Waals surface area contributed by atoms with Gasteiger partial charge in [-0.3, -0.25) is 0 Å². The van der Waals surface area contributed by atoms with E-state index in [2.05, 4.69) is 31.2 Å². The van der Waals surface area contributed by atoms with Crippen molar-refractivity contribution in [3.05, 3.63) is 52.3 Å². The van der Waals surface area contributed by atoms with Gasteiger partial charge in [-0.25, -0.2) is 9.97 Å². The summed E-state index contributed by atoms with van der Waals surface area (Å²) < 4.78 is 38.7. The van der Waals surface area contributed by atoms with Crippen molar-refractivity contribution >= 4 is 21.9 Å². The van der Waals surface area contributed by atoms with Gasteiger partial charge in [-0.05, 0) is 40.5 Å². The zero-order valence-corrected chi connectivity index (χ0v) is 12.0. The molecule has 1 atom stereocenters. The first-order valence-corrected chi connectivity index (χ1v) is 6.57. The van der Waals surface area contributed by atoms with Crippen LogP contribution in [-0.4, -0.2) is 9.97 Å². The van der Waals surface area contributed by atoms with Crippen LogP contribution in [-0.2, 0) is 6.18 Å². The Hall–Kier alpha value is -1.63. The maximum absolute atomic E-state index is 12.7. The molecule has 0 radical (unpaired) electrons. The molecular formula is C13H11BrF3N3. The predicted octanol–water partition coefficient (Wildman–Crippen LogP) is 4.43. The second kappa shape index (κ2) is 5.78. The summed E-state index contributed by atoms with van der Waals surface area (Å²) in [6.45, 7) is 1.75. The molecule has 7 heteroatoms. The average Bonchev–Trinajstić information content (AvgIpc) is 2.40. The smallest absolute Gasteiger partial charge is 0.348 e. The van der Waals surface area contributed by atoms with E-state index in [4.69, 9.17) is 0 Å². The van der Waals surface area contributed by atoms with Crippen LogP contribution in [0.2, 0.25) is 0 Å². The molecule has 106 valence electrons. The van der Waals surface area contributed by atoms with Crippen LogP contribution in [0.4, 0.5) is 19.1 Å². The molecule has 1 N–H and O–H groups in total. The van der Waals surface area contributed by atoms with Gasteiger partial charge in [0.25, 0.3) is 0 Å². The SMILES string of the molecule is C[C@@H](Nc1ncc(Br)cn1)c1cccc(C(F)(F)F)c1. The molecule has 20 heavy (non-hydrogen) atoms. The first kappa shape index (κ1) is 14.8. The monoisotopic (exact) mass is 345 g/mol. The first-order chi connectivity index (χ1) is 9.36. The molecule has 0 unspecified atom stereocenters. The first-order valence-electron chi connectivity index (χ1n) is 5.77. The number of hydrogen-bond donors (Lipinski definition) is 1. The van der Waals surface area contributed by atoms with Crippen LogP contribution in [0.3, 0.4) is 0 Å². The minimum absolute atomic E-state index is 0.335. The summed E-state index contributed by atoms with van der Waals surface area (Å²) in [6, 6.07) is 4.85. The molecule has 2 aromatic rings. The molecule has 0 bridgehead atoms. The highest BCUT2D eigenvalue weighted by atomic mass is 79.9. The number of halogens is 4. The standard InChI is InChI=1S/C13H11BrF3N3/c1-8(20-12-18-6-11(14)7-19-12)9-3-2-4-10(5-9)13(15,16)17/h2-8H,1H3,(H,18,19,20)/t8-/m1/s1. The van der Waals surface area contributed by atoms with Crippen LogP contribution in [0.15, 0.2) is 41.1 Å². The van der Waals surface area contributed by atoms with E-state index in [0.29, 0.717) is 11.5 Å². The predicted molar refractivity (Wildman–Crippen MR) is 73.2 cm³/mol. The third-order valence-corrected chi connectivity index (χ3v) is 3.09. The van der Waals surface area contributed by atoms with Gasteiger partial charge in [0, 0.05) is 12.4 Å². The minimum atomic E-state index is -4.34. The second-order valence-electron chi connectivity index (χ2n) is 4.21. The topological polar surface area (TPSA) is 37.8 Å². The van der Waals surface area contributed by atoms with Gasteiger partial charge in [-0.2, -0.15) is 13.2 Å². The molecule has 2 rings (SSSR count). The summed E-state index contributed by atoms with van der Waals surface area (Å²) >= 11 is 3.21. The zero-order chi connectivity index (χ0) is 14.8. The van der Waals surface area contributed by atoms with Gasteiger partial charge in [-0.1, -0.05) is 12.1 Å². The lowest BCUT2D eigenvalue weighted by Crippen LogP contribution is -2.11. The lowest BCUT2D eigenvalue weighted by atomic mass is 10.1. The Morgan fingerprint density at radius 2 is 1.85 bits per heavy atom. The van der Waals surface area contributed by atoms with Crippen molar-refractivity contribution in [3.63, 3.8) is 0 Å². The Kier molecular flexibility index (Phi) is 4.27. The lowest BCUT2D eigenvalue weighted by Gasteiger charge is -2.16. The Balaban J connectivity index is 2.17. The zero-order valence-electron chi connectivity index (χ0n) is 10.4. The molecule has 0 saturated heterocycles. The molecule has 3 nitrogen and oxygen atoms in total. The van der Waals surface area contributed by atoms with E-state index >= 15 is 0 Å². The maximum Gasteiger partial charge on any atom is 0.416 e. The van der Waals surface area contributed by atoms with Crippen LogP contribution in [0.5, 0.6) is 0 Å². The molecule has 0 aliphatic carbocycles. The van der Waals surface area contributed by atoms with Crippen molar-refractivity contribution in [2.75, 3.05) is 5.32 Å². The molecule has 1 aromatic heterocycles. The number of rotatable bonds is 3. The average molecular weight is 346 g/mol. The number of aromatic nitrogens is 2. The van der Waals surface area contributed by atoms with E-state index < -0.39 is 11.7 Å². The number of anilines is 1. The minimum Gasteiger partial charge on any atom is -0.348 e. The van der Waals surface area contributed by atoms with E-state index in [1.54, 1.807) is 25.4 Å². The van der Waals surface area contributed by atoms with E-state index in [0.717, 1.165) is 16.6 Å².